The van der Waals surface area contributed by atoms with Crippen molar-refractivity contribution in [3.63, 3.8) is 0 Å². The van der Waals surface area contributed by atoms with Gasteiger partial charge in [-0.2, -0.15) is 0 Å². The lowest BCUT2D eigenvalue weighted by molar-refractivity contribution is -0.125. The molecule has 0 bridgehead atoms. The summed E-state index contributed by atoms with van der Waals surface area (Å²) in [6.07, 6.45) is 5.29. The van der Waals surface area contributed by atoms with Gasteiger partial charge in [0.1, 0.15) is 0 Å². The van der Waals surface area contributed by atoms with Crippen molar-refractivity contribution in [3.8, 4) is 0 Å². The van der Waals surface area contributed by atoms with Crippen LogP contribution in [0.2, 0.25) is 0 Å². The number of fused-ring (bicyclic) bond motifs is 1. The molecular formula is C22H25N5O. The minimum atomic E-state index is 0.0391. The highest BCUT2D eigenvalue weighted by Gasteiger charge is 2.27. The number of hydrogen-bond acceptors (Lipinski definition) is 4. The maximum absolute atomic E-state index is 12.5. The van der Waals surface area contributed by atoms with E-state index in [0.29, 0.717) is 6.54 Å². The van der Waals surface area contributed by atoms with E-state index >= 15 is 0 Å². The average Bonchev–Trinajstić information content (AvgIpc) is 3.12. The van der Waals surface area contributed by atoms with Crippen LogP contribution >= 0.6 is 0 Å². The Morgan fingerprint density at radius 2 is 1.96 bits per heavy atom. The molecule has 2 aromatic heterocycles. The minimum absolute atomic E-state index is 0.0391. The predicted molar refractivity (Wildman–Crippen MR) is 111 cm³/mol. The SMILES string of the molecule is C=CCn1c(N2CCC(C(=O)NCc3ccccn3)CC2)nc2ccccc21. The molecule has 0 spiro atoms. The summed E-state index contributed by atoms with van der Waals surface area (Å²) >= 11 is 0. The van der Waals surface area contributed by atoms with Crippen molar-refractivity contribution in [2.45, 2.75) is 25.9 Å². The molecule has 0 radical (unpaired) electrons. The molecule has 0 aliphatic carbocycles. The Labute approximate surface area is 164 Å². The van der Waals surface area contributed by atoms with Crippen LogP contribution in [0.25, 0.3) is 11.0 Å². The number of amides is 1. The average molecular weight is 375 g/mol. The van der Waals surface area contributed by atoms with E-state index in [9.17, 15) is 4.79 Å². The fraction of sp³-hybridized carbons (Fsp3) is 0.318. The Morgan fingerprint density at radius 1 is 1.18 bits per heavy atom. The second-order valence-electron chi connectivity index (χ2n) is 7.10. The molecule has 3 aromatic rings. The van der Waals surface area contributed by atoms with Gasteiger partial charge in [0.05, 0.1) is 23.3 Å². The Balaban J connectivity index is 1.40. The van der Waals surface area contributed by atoms with Crippen molar-refractivity contribution in [1.29, 1.82) is 0 Å². The highest BCUT2D eigenvalue weighted by atomic mass is 16.1. The summed E-state index contributed by atoms with van der Waals surface area (Å²) in [7, 11) is 0. The van der Waals surface area contributed by atoms with E-state index in [1.807, 2.05) is 42.5 Å². The zero-order valence-corrected chi connectivity index (χ0v) is 15.9. The Hall–Kier alpha value is -3.15. The molecule has 6 heteroatoms. The smallest absolute Gasteiger partial charge is 0.223 e. The third kappa shape index (κ3) is 3.76. The number of rotatable bonds is 6. The zero-order chi connectivity index (χ0) is 19.3. The van der Waals surface area contributed by atoms with Crippen LogP contribution in [-0.4, -0.2) is 33.5 Å². The molecule has 1 saturated heterocycles. The fourth-order valence-electron chi connectivity index (χ4n) is 3.78. The van der Waals surface area contributed by atoms with Crippen molar-refractivity contribution in [2.75, 3.05) is 18.0 Å². The third-order valence-corrected chi connectivity index (χ3v) is 5.26. The maximum atomic E-state index is 12.5. The molecule has 6 nitrogen and oxygen atoms in total. The minimum Gasteiger partial charge on any atom is -0.350 e. The number of piperidine rings is 1. The summed E-state index contributed by atoms with van der Waals surface area (Å²) in [5, 5.41) is 3.02. The number of benzene rings is 1. The van der Waals surface area contributed by atoms with Crippen LogP contribution in [0, 0.1) is 5.92 Å². The summed E-state index contributed by atoms with van der Waals surface area (Å²) in [4.78, 5) is 23.9. The number of anilines is 1. The number of allylic oxidation sites excluding steroid dienone is 1. The molecular weight excluding hydrogens is 350 g/mol. The molecule has 144 valence electrons. The van der Waals surface area contributed by atoms with Gasteiger partial charge in [0.15, 0.2) is 0 Å². The number of imidazole rings is 1. The lowest BCUT2D eigenvalue weighted by atomic mass is 9.96. The van der Waals surface area contributed by atoms with Gasteiger partial charge in [-0.3, -0.25) is 9.78 Å². The topological polar surface area (TPSA) is 63.1 Å². The molecule has 1 amide bonds. The molecule has 0 saturated carbocycles. The number of pyridine rings is 1. The monoisotopic (exact) mass is 375 g/mol. The quantitative estimate of drug-likeness (QED) is 0.672. The Bertz CT molecular complexity index is 957. The number of nitrogens with zero attached hydrogens (tertiary/aromatic N) is 4. The first kappa shape index (κ1) is 18.2. The number of aromatic nitrogens is 3. The molecule has 1 fully saturated rings. The molecule has 1 aliphatic rings. The van der Waals surface area contributed by atoms with E-state index < -0.39 is 0 Å². The van der Waals surface area contributed by atoms with E-state index in [0.717, 1.165) is 55.2 Å². The van der Waals surface area contributed by atoms with Gasteiger partial charge >= 0.3 is 0 Å². The first-order valence-electron chi connectivity index (χ1n) is 9.75. The maximum Gasteiger partial charge on any atom is 0.223 e. The van der Waals surface area contributed by atoms with Gasteiger partial charge in [0.2, 0.25) is 11.9 Å². The molecule has 1 N–H and O–H groups in total. The highest BCUT2D eigenvalue weighted by molar-refractivity contribution is 5.80. The first-order chi connectivity index (χ1) is 13.8. The summed E-state index contributed by atoms with van der Waals surface area (Å²) in [5.74, 6) is 1.12. The van der Waals surface area contributed by atoms with Crippen LogP contribution in [0.5, 0.6) is 0 Å². The zero-order valence-electron chi connectivity index (χ0n) is 15.9. The number of carbonyl (C=O) groups excluding carboxylic acids is 1. The van der Waals surface area contributed by atoms with Gasteiger partial charge < -0.3 is 14.8 Å². The van der Waals surface area contributed by atoms with E-state index in [4.69, 9.17) is 4.98 Å². The summed E-state index contributed by atoms with van der Waals surface area (Å²) in [6, 6.07) is 13.9. The number of para-hydroxylation sites is 2. The molecule has 1 aliphatic heterocycles. The van der Waals surface area contributed by atoms with Crippen LogP contribution in [0.4, 0.5) is 5.95 Å². The number of hydrogen-bond donors (Lipinski definition) is 1. The van der Waals surface area contributed by atoms with Crippen LogP contribution < -0.4 is 10.2 Å². The second kappa shape index (κ2) is 8.25. The largest absolute Gasteiger partial charge is 0.350 e. The fourth-order valence-corrected chi connectivity index (χ4v) is 3.78. The number of nitrogens with one attached hydrogen (secondary N) is 1. The van der Waals surface area contributed by atoms with E-state index in [1.165, 1.54) is 0 Å². The first-order valence-corrected chi connectivity index (χ1v) is 9.75. The van der Waals surface area contributed by atoms with Crippen molar-refractivity contribution >= 4 is 22.9 Å². The standard InChI is InChI=1S/C22H25N5O/c1-2-13-27-20-9-4-3-8-19(20)25-22(27)26-14-10-17(11-15-26)21(28)24-16-18-7-5-6-12-23-18/h2-9,12,17H,1,10-11,13-16H2,(H,24,28). The summed E-state index contributed by atoms with van der Waals surface area (Å²) in [5.41, 5.74) is 2.99. The van der Waals surface area contributed by atoms with Gasteiger partial charge in [-0.25, -0.2) is 4.98 Å². The van der Waals surface area contributed by atoms with E-state index in [1.54, 1.807) is 6.20 Å². The van der Waals surface area contributed by atoms with E-state index in [-0.39, 0.29) is 11.8 Å². The van der Waals surface area contributed by atoms with Gasteiger partial charge in [-0.05, 0) is 37.1 Å². The lowest BCUT2D eigenvalue weighted by Crippen LogP contribution is -2.41. The normalized spacial score (nSPS) is 14.9. The molecule has 1 aromatic carbocycles. The van der Waals surface area contributed by atoms with Crippen LogP contribution in [0.15, 0.2) is 61.3 Å². The Kier molecular flexibility index (Phi) is 5.37. The molecule has 4 rings (SSSR count). The second-order valence-corrected chi connectivity index (χ2v) is 7.10. The highest BCUT2D eigenvalue weighted by Crippen LogP contribution is 2.27. The van der Waals surface area contributed by atoms with Gasteiger partial charge in [0, 0.05) is 31.7 Å². The third-order valence-electron chi connectivity index (χ3n) is 5.26. The van der Waals surface area contributed by atoms with Crippen LogP contribution in [-0.2, 0) is 17.9 Å². The van der Waals surface area contributed by atoms with Crippen molar-refractivity contribution in [3.05, 3.63) is 67.0 Å². The van der Waals surface area contributed by atoms with Gasteiger partial charge in [-0.1, -0.05) is 24.3 Å². The number of carbonyl (C=O) groups is 1. The van der Waals surface area contributed by atoms with Crippen molar-refractivity contribution in [2.24, 2.45) is 5.92 Å². The molecule has 3 heterocycles. The molecule has 28 heavy (non-hydrogen) atoms. The summed E-state index contributed by atoms with van der Waals surface area (Å²) in [6.45, 7) is 6.73. The van der Waals surface area contributed by atoms with Gasteiger partial charge in [-0.15, -0.1) is 6.58 Å². The van der Waals surface area contributed by atoms with E-state index in [2.05, 4.69) is 32.4 Å². The molecule has 0 atom stereocenters. The lowest BCUT2D eigenvalue weighted by Gasteiger charge is -2.32. The Morgan fingerprint density at radius 3 is 2.71 bits per heavy atom. The van der Waals surface area contributed by atoms with Crippen molar-refractivity contribution in [1.82, 2.24) is 19.9 Å². The predicted octanol–water partition coefficient (Wildman–Crippen LogP) is 3.15. The van der Waals surface area contributed by atoms with Crippen LogP contribution in [0.3, 0.4) is 0 Å². The van der Waals surface area contributed by atoms with Crippen molar-refractivity contribution < 1.29 is 4.79 Å². The molecule has 0 unspecified atom stereocenters. The van der Waals surface area contributed by atoms with Crippen LogP contribution in [0.1, 0.15) is 18.5 Å². The van der Waals surface area contributed by atoms with Gasteiger partial charge in [0.25, 0.3) is 0 Å². The summed E-state index contributed by atoms with van der Waals surface area (Å²) < 4.78 is 2.20.